The molecule has 0 aliphatic rings. The number of carbonyl (C=O) groups is 1. The SMILES string of the molecule is CCC(C)c1ccc(NC(=O)CSc2nnc3n(-c4ccccc4)c(=O)c4ccccc4n23)cc1. The van der Waals surface area contributed by atoms with Crippen LogP contribution in [0.5, 0.6) is 0 Å². The third kappa shape index (κ3) is 4.44. The second kappa shape index (κ2) is 9.76. The minimum atomic E-state index is -0.165. The second-order valence-electron chi connectivity index (χ2n) is 8.38. The molecule has 2 heterocycles. The van der Waals surface area contributed by atoms with Gasteiger partial charge in [-0.3, -0.25) is 14.0 Å². The summed E-state index contributed by atoms with van der Waals surface area (Å²) in [5.41, 5.74) is 3.26. The van der Waals surface area contributed by atoms with Gasteiger partial charge in [0.05, 0.1) is 22.3 Å². The van der Waals surface area contributed by atoms with Gasteiger partial charge in [0.1, 0.15) is 0 Å². The summed E-state index contributed by atoms with van der Waals surface area (Å²) < 4.78 is 3.39. The van der Waals surface area contributed by atoms with Crippen molar-refractivity contribution in [1.29, 1.82) is 0 Å². The molecular weight excluding hydrogens is 458 g/mol. The highest BCUT2D eigenvalue weighted by Gasteiger charge is 2.18. The zero-order chi connectivity index (χ0) is 24.4. The lowest BCUT2D eigenvalue weighted by Crippen LogP contribution is -2.21. The number of carbonyl (C=O) groups excluding carboxylic acids is 1. The summed E-state index contributed by atoms with van der Waals surface area (Å²) in [6, 6.07) is 24.7. The topological polar surface area (TPSA) is 81.3 Å². The average molecular weight is 484 g/mol. The third-order valence-electron chi connectivity index (χ3n) is 6.12. The lowest BCUT2D eigenvalue weighted by atomic mass is 9.99. The van der Waals surface area contributed by atoms with Crippen LogP contribution in [-0.2, 0) is 4.79 Å². The second-order valence-corrected chi connectivity index (χ2v) is 9.32. The van der Waals surface area contributed by atoms with E-state index in [4.69, 9.17) is 0 Å². The summed E-state index contributed by atoms with van der Waals surface area (Å²) in [5, 5.41) is 12.7. The van der Waals surface area contributed by atoms with Crippen molar-refractivity contribution in [3.8, 4) is 5.69 Å². The van der Waals surface area contributed by atoms with E-state index < -0.39 is 0 Å². The van der Waals surface area contributed by atoms with Crippen LogP contribution in [0.3, 0.4) is 0 Å². The van der Waals surface area contributed by atoms with Crippen LogP contribution in [0.15, 0.2) is 88.8 Å². The maximum atomic E-state index is 13.3. The molecule has 5 aromatic rings. The summed E-state index contributed by atoms with van der Waals surface area (Å²) in [5.74, 6) is 0.916. The highest BCUT2D eigenvalue weighted by atomic mass is 32.2. The van der Waals surface area contributed by atoms with Crippen LogP contribution in [0, 0.1) is 0 Å². The van der Waals surface area contributed by atoms with Gasteiger partial charge in [-0.2, -0.15) is 0 Å². The van der Waals surface area contributed by atoms with Gasteiger partial charge in [-0.15, -0.1) is 10.2 Å². The zero-order valence-electron chi connectivity index (χ0n) is 19.5. The molecule has 176 valence electrons. The molecule has 2 aromatic heterocycles. The monoisotopic (exact) mass is 483 g/mol. The molecule has 7 nitrogen and oxygen atoms in total. The Morgan fingerprint density at radius 2 is 1.69 bits per heavy atom. The lowest BCUT2D eigenvalue weighted by Gasteiger charge is -2.11. The molecule has 0 aliphatic heterocycles. The molecular formula is C27H25N5O2S. The summed E-state index contributed by atoms with van der Waals surface area (Å²) in [4.78, 5) is 26.0. The predicted molar refractivity (Wildman–Crippen MR) is 141 cm³/mol. The van der Waals surface area contributed by atoms with Gasteiger partial charge in [-0.1, -0.05) is 68.1 Å². The number of fused-ring (bicyclic) bond motifs is 3. The molecule has 0 fully saturated rings. The molecule has 0 radical (unpaired) electrons. The Hall–Kier alpha value is -3.91. The number of aromatic nitrogens is 4. The van der Waals surface area contributed by atoms with Crippen molar-refractivity contribution in [3.05, 3.63) is 94.8 Å². The van der Waals surface area contributed by atoms with Gasteiger partial charge in [-0.05, 0) is 54.3 Å². The normalized spacial score (nSPS) is 12.2. The standard InChI is InChI=1S/C27H25N5O2S/c1-3-18(2)19-13-15-20(16-14-19)28-24(33)17-35-27-30-29-26-31(21-9-5-4-6-10-21)25(34)22-11-7-8-12-23(22)32(26)27/h4-16,18H,3,17H2,1-2H3,(H,28,33). The van der Waals surface area contributed by atoms with Crippen LogP contribution < -0.4 is 10.9 Å². The quantitative estimate of drug-likeness (QED) is 0.319. The minimum absolute atomic E-state index is 0.135. The molecule has 1 amide bonds. The first-order valence-electron chi connectivity index (χ1n) is 11.5. The first kappa shape index (κ1) is 22.9. The van der Waals surface area contributed by atoms with E-state index in [2.05, 4.69) is 41.5 Å². The number of thioether (sulfide) groups is 1. The van der Waals surface area contributed by atoms with Crippen LogP contribution in [0.25, 0.3) is 22.4 Å². The zero-order valence-corrected chi connectivity index (χ0v) is 20.3. The first-order valence-corrected chi connectivity index (χ1v) is 12.5. The van der Waals surface area contributed by atoms with Crippen molar-refractivity contribution >= 4 is 40.0 Å². The Balaban J connectivity index is 1.44. The van der Waals surface area contributed by atoms with Crippen molar-refractivity contribution in [2.24, 2.45) is 0 Å². The largest absolute Gasteiger partial charge is 0.325 e. The smallest absolute Gasteiger partial charge is 0.267 e. The number of nitrogens with zero attached hydrogens (tertiary/aromatic N) is 4. The summed E-state index contributed by atoms with van der Waals surface area (Å²) >= 11 is 1.28. The Morgan fingerprint density at radius 3 is 2.43 bits per heavy atom. The fourth-order valence-electron chi connectivity index (χ4n) is 4.04. The van der Waals surface area contributed by atoms with Gasteiger partial charge in [0.2, 0.25) is 11.7 Å². The van der Waals surface area contributed by atoms with Crippen LogP contribution >= 0.6 is 11.8 Å². The van der Waals surface area contributed by atoms with Crippen molar-refractivity contribution in [2.45, 2.75) is 31.3 Å². The number of benzene rings is 3. The minimum Gasteiger partial charge on any atom is -0.325 e. The summed E-state index contributed by atoms with van der Waals surface area (Å²) in [6.07, 6.45) is 1.07. The van der Waals surface area contributed by atoms with Gasteiger partial charge in [0, 0.05) is 5.69 Å². The van der Waals surface area contributed by atoms with E-state index in [0.29, 0.717) is 33.4 Å². The van der Waals surface area contributed by atoms with Crippen molar-refractivity contribution in [2.75, 3.05) is 11.1 Å². The average Bonchev–Trinajstić information content (AvgIpc) is 3.32. The molecule has 1 unspecified atom stereocenters. The van der Waals surface area contributed by atoms with Gasteiger partial charge in [0.25, 0.3) is 5.56 Å². The van der Waals surface area contributed by atoms with Crippen molar-refractivity contribution < 1.29 is 4.79 Å². The molecule has 0 bridgehead atoms. The Labute approximate surface area is 206 Å². The van der Waals surface area contributed by atoms with Gasteiger partial charge in [0.15, 0.2) is 5.16 Å². The molecule has 3 aromatic carbocycles. The molecule has 5 rings (SSSR count). The number of amides is 1. The third-order valence-corrected chi connectivity index (χ3v) is 7.05. The Kier molecular flexibility index (Phi) is 6.37. The number of hydrogen-bond acceptors (Lipinski definition) is 5. The van der Waals surface area contributed by atoms with E-state index in [9.17, 15) is 9.59 Å². The maximum absolute atomic E-state index is 13.3. The van der Waals surface area contributed by atoms with Crippen molar-refractivity contribution in [3.63, 3.8) is 0 Å². The van der Waals surface area contributed by atoms with Crippen LogP contribution in [0.4, 0.5) is 5.69 Å². The molecule has 1 N–H and O–H groups in total. The van der Waals surface area contributed by atoms with E-state index in [1.165, 1.54) is 17.3 Å². The van der Waals surface area contributed by atoms with Gasteiger partial charge < -0.3 is 5.32 Å². The number of anilines is 1. The molecule has 8 heteroatoms. The number of para-hydroxylation sites is 2. The molecule has 0 saturated heterocycles. The van der Waals surface area contributed by atoms with E-state index >= 15 is 0 Å². The van der Waals surface area contributed by atoms with Gasteiger partial charge >= 0.3 is 0 Å². The van der Waals surface area contributed by atoms with Gasteiger partial charge in [-0.25, -0.2) is 4.57 Å². The Morgan fingerprint density at radius 1 is 0.971 bits per heavy atom. The lowest BCUT2D eigenvalue weighted by molar-refractivity contribution is -0.113. The van der Waals surface area contributed by atoms with E-state index in [-0.39, 0.29) is 17.2 Å². The molecule has 0 aliphatic carbocycles. The predicted octanol–water partition coefficient (Wildman–Crippen LogP) is 5.28. The number of nitrogens with one attached hydrogen (secondary N) is 1. The fourth-order valence-corrected chi connectivity index (χ4v) is 4.78. The fraction of sp³-hybridized carbons (Fsp3) is 0.185. The first-order chi connectivity index (χ1) is 17.1. The van der Waals surface area contributed by atoms with Crippen LogP contribution in [-0.4, -0.2) is 30.8 Å². The molecule has 0 spiro atoms. The summed E-state index contributed by atoms with van der Waals surface area (Å²) in [7, 11) is 0. The van der Waals surface area contributed by atoms with Crippen LogP contribution in [0.1, 0.15) is 31.7 Å². The molecule has 1 atom stereocenters. The Bertz CT molecular complexity index is 1560. The van der Waals surface area contributed by atoms with E-state index in [0.717, 1.165) is 12.1 Å². The molecule has 35 heavy (non-hydrogen) atoms. The highest BCUT2D eigenvalue weighted by molar-refractivity contribution is 7.99. The number of rotatable bonds is 7. The van der Waals surface area contributed by atoms with Crippen molar-refractivity contribution in [1.82, 2.24) is 19.2 Å². The summed E-state index contributed by atoms with van der Waals surface area (Å²) in [6.45, 7) is 4.35. The van der Waals surface area contributed by atoms with E-state index in [1.807, 2.05) is 65.1 Å². The number of hydrogen-bond donors (Lipinski definition) is 1. The van der Waals surface area contributed by atoms with E-state index in [1.54, 1.807) is 10.6 Å². The maximum Gasteiger partial charge on any atom is 0.267 e. The highest BCUT2D eigenvalue weighted by Crippen LogP contribution is 2.24. The van der Waals surface area contributed by atoms with Crippen LogP contribution in [0.2, 0.25) is 0 Å². The molecule has 0 saturated carbocycles.